The molecule has 0 amide bonds. The van der Waals surface area contributed by atoms with Crippen LogP contribution in [0.2, 0.25) is 0 Å². The van der Waals surface area contributed by atoms with Gasteiger partial charge in [-0.1, -0.05) is 30.3 Å². The molecule has 1 atom stereocenters. The molecule has 2 aromatic rings. The molecule has 174 valence electrons. The minimum Gasteiger partial charge on any atom is -0.478 e. The molecule has 0 aliphatic carbocycles. The van der Waals surface area contributed by atoms with Gasteiger partial charge in [0.15, 0.2) is 0 Å². The Morgan fingerprint density at radius 3 is 2.21 bits per heavy atom. The number of rotatable bonds is 5. The fourth-order valence-electron chi connectivity index (χ4n) is 3.64. The number of aromatic carboxylic acids is 1. The Morgan fingerprint density at radius 1 is 1.06 bits per heavy atom. The lowest BCUT2D eigenvalue weighted by atomic mass is 9.81. The third kappa shape index (κ3) is 3.93. The molecular weight excluding hydrogens is 452 g/mol. The van der Waals surface area contributed by atoms with Gasteiger partial charge in [0.1, 0.15) is 23.2 Å². The first kappa shape index (κ1) is 23.9. The molecule has 0 fully saturated rings. The van der Waals surface area contributed by atoms with Gasteiger partial charge in [0.05, 0.1) is 48.6 Å². The highest BCUT2D eigenvalue weighted by Gasteiger charge is 2.43. The summed E-state index contributed by atoms with van der Waals surface area (Å²) < 4.78 is 38.6. The van der Waals surface area contributed by atoms with Crippen LogP contribution in [-0.4, -0.2) is 37.2 Å². The number of allylic oxidation sites excluding steroid dienone is 1. The van der Waals surface area contributed by atoms with Crippen LogP contribution < -0.4 is 10.6 Å². The van der Waals surface area contributed by atoms with Gasteiger partial charge in [0.2, 0.25) is 0 Å². The number of hydrogen-bond donors (Lipinski definition) is 2. The maximum Gasteiger partial charge on any atom is 0.355 e. The number of nitriles is 1. The van der Waals surface area contributed by atoms with Gasteiger partial charge >= 0.3 is 17.9 Å². The van der Waals surface area contributed by atoms with Crippen molar-refractivity contribution in [2.24, 2.45) is 5.73 Å². The largest absolute Gasteiger partial charge is 0.478 e. The monoisotopic (exact) mass is 469 g/mol. The van der Waals surface area contributed by atoms with E-state index in [1.54, 1.807) is 30.3 Å². The maximum absolute atomic E-state index is 14.9. The van der Waals surface area contributed by atoms with E-state index in [9.17, 15) is 33.5 Å². The zero-order valence-corrected chi connectivity index (χ0v) is 17.8. The van der Waals surface area contributed by atoms with Crippen LogP contribution in [0.1, 0.15) is 21.8 Å². The number of anilines is 1. The third-order valence-corrected chi connectivity index (χ3v) is 5.12. The summed E-state index contributed by atoms with van der Waals surface area (Å²) in [4.78, 5) is 37.9. The van der Waals surface area contributed by atoms with Gasteiger partial charge in [-0.15, -0.1) is 0 Å². The number of halogens is 2. The quantitative estimate of drug-likeness (QED) is 0.632. The van der Waals surface area contributed by atoms with E-state index >= 15 is 0 Å². The van der Waals surface area contributed by atoms with E-state index in [1.807, 2.05) is 6.07 Å². The minimum atomic E-state index is -1.72. The van der Waals surface area contributed by atoms with Crippen molar-refractivity contribution in [3.8, 4) is 6.07 Å². The molecule has 3 rings (SSSR count). The summed E-state index contributed by atoms with van der Waals surface area (Å²) in [6.45, 7) is 0. The Labute approximate surface area is 191 Å². The van der Waals surface area contributed by atoms with Crippen molar-refractivity contribution < 1.29 is 37.7 Å². The van der Waals surface area contributed by atoms with Crippen LogP contribution in [0.3, 0.4) is 0 Å². The molecule has 2 aromatic carbocycles. The van der Waals surface area contributed by atoms with Crippen LogP contribution in [0.15, 0.2) is 65.1 Å². The van der Waals surface area contributed by atoms with E-state index in [-0.39, 0.29) is 11.6 Å². The van der Waals surface area contributed by atoms with Gasteiger partial charge in [-0.2, -0.15) is 5.26 Å². The second-order valence-corrected chi connectivity index (χ2v) is 6.92. The van der Waals surface area contributed by atoms with Gasteiger partial charge < -0.3 is 20.3 Å². The molecule has 1 heterocycles. The number of carboxylic acid groups (broad SMARTS) is 1. The summed E-state index contributed by atoms with van der Waals surface area (Å²) in [5.74, 6) is -8.34. The highest BCUT2D eigenvalue weighted by molar-refractivity contribution is 6.06. The highest BCUT2D eigenvalue weighted by atomic mass is 19.1. The SMILES string of the molecule is COC(=O)C1=C(C(=O)OC)N(c2cc(C(=O)O)c(F)cc2F)C(N)=C(C#N)C1c1ccccc1. The molecule has 0 bridgehead atoms. The third-order valence-electron chi connectivity index (χ3n) is 5.12. The molecule has 1 unspecified atom stereocenters. The molecule has 0 saturated heterocycles. The van der Waals surface area contributed by atoms with Crippen molar-refractivity contribution in [3.63, 3.8) is 0 Å². The summed E-state index contributed by atoms with van der Waals surface area (Å²) >= 11 is 0. The summed E-state index contributed by atoms with van der Waals surface area (Å²) in [6, 6.07) is 10.8. The number of carbonyl (C=O) groups is 3. The fourth-order valence-corrected chi connectivity index (χ4v) is 3.64. The van der Waals surface area contributed by atoms with E-state index in [0.717, 1.165) is 14.2 Å². The van der Waals surface area contributed by atoms with E-state index in [4.69, 9.17) is 15.2 Å². The lowest BCUT2D eigenvalue weighted by molar-refractivity contribution is -0.139. The van der Waals surface area contributed by atoms with Crippen molar-refractivity contribution in [3.05, 3.63) is 87.9 Å². The zero-order chi connectivity index (χ0) is 25.2. The van der Waals surface area contributed by atoms with Crippen LogP contribution in [0.4, 0.5) is 14.5 Å². The number of hydrogen-bond acceptors (Lipinski definition) is 8. The van der Waals surface area contributed by atoms with E-state index < -0.39 is 63.8 Å². The lowest BCUT2D eigenvalue weighted by Crippen LogP contribution is -2.41. The molecule has 0 radical (unpaired) electrons. The predicted octanol–water partition coefficient (Wildman–Crippen LogP) is 2.56. The maximum atomic E-state index is 14.9. The normalized spacial score (nSPS) is 15.6. The van der Waals surface area contributed by atoms with Crippen molar-refractivity contribution in [2.45, 2.75) is 5.92 Å². The first-order chi connectivity index (χ1) is 16.2. The van der Waals surface area contributed by atoms with Crippen LogP contribution in [0.5, 0.6) is 0 Å². The number of methoxy groups -OCH3 is 2. The second kappa shape index (κ2) is 9.41. The van der Waals surface area contributed by atoms with E-state index in [1.165, 1.54) is 0 Å². The van der Waals surface area contributed by atoms with Crippen molar-refractivity contribution in [1.82, 2.24) is 0 Å². The number of carboxylic acids is 1. The summed E-state index contributed by atoms with van der Waals surface area (Å²) in [5.41, 5.74) is 3.65. The summed E-state index contributed by atoms with van der Waals surface area (Å²) in [5, 5.41) is 19.2. The Hall–Kier alpha value is -4.72. The molecule has 1 aliphatic rings. The number of nitrogens with zero attached hydrogens (tertiary/aromatic N) is 2. The molecule has 0 saturated carbocycles. The Kier molecular flexibility index (Phi) is 6.63. The van der Waals surface area contributed by atoms with Gasteiger partial charge in [-0.3, -0.25) is 4.90 Å². The number of carbonyl (C=O) groups excluding carboxylic acids is 2. The molecule has 11 heteroatoms. The minimum absolute atomic E-state index is 0.264. The first-order valence-electron chi connectivity index (χ1n) is 9.55. The van der Waals surface area contributed by atoms with E-state index in [2.05, 4.69) is 0 Å². The molecule has 9 nitrogen and oxygen atoms in total. The van der Waals surface area contributed by atoms with Gasteiger partial charge in [-0.25, -0.2) is 23.2 Å². The number of nitrogens with two attached hydrogens (primary N) is 1. The van der Waals surface area contributed by atoms with Crippen LogP contribution in [-0.2, 0) is 19.1 Å². The van der Waals surface area contributed by atoms with Gasteiger partial charge in [0.25, 0.3) is 0 Å². The van der Waals surface area contributed by atoms with Crippen LogP contribution >= 0.6 is 0 Å². The summed E-state index contributed by atoms with van der Waals surface area (Å²) in [7, 11) is 2.02. The molecule has 0 aromatic heterocycles. The van der Waals surface area contributed by atoms with Crippen LogP contribution in [0.25, 0.3) is 0 Å². The van der Waals surface area contributed by atoms with Crippen molar-refractivity contribution >= 4 is 23.6 Å². The number of esters is 2. The zero-order valence-electron chi connectivity index (χ0n) is 17.8. The van der Waals surface area contributed by atoms with E-state index in [0.29, 0.717) is 16.5 Å². The molecule has 1 aliphatic heterocycles. The lowest BCUT2D eigenvalue weighted by Gasteiger charge is -2.36. The molecule has 3 N–H and O–H groups in total. The van der Waals surface area contributed by atoms with Gasteiger partial charge in [-0.05, 0) is 11.6 Å². The molecule has 34 heavy (non-hydrogen) atoms. The van der Waals surface area contributed by atoms with Crippen LogP contribution in [0, 0.1) is 23.0 Å². The topological polar surface area (TPSA) is 143 Å². The molecule has 0 spiro atoms. The Bertz CT molecular complexity index is 1300. The standard InChI is InChI=1S/C23H17F2N3O6/c1-33-22(31)18-17(11-6-4-3-5-7-11)13(10-26)20(27)28(19(18)23(32)34-2)16-8-12(21(29)30)14(24)9-15(16)25/h3-9,17H,27H2,1-2H3,(H,29,30). The number of ether oxygens (including phenoxy) is 2. The second-order valence-electron chi connectivity index (χ2n) is 6.92. The van der Waals surface area contributed by atoms with Crippen molar-refractivity contribution in [1.29, 1.82) is 5.26 Å². The number of benzene rings is 2. The highest BCUT2D eigenvalue weighted by Crippen LogP contribution is 2.44. The summed E-state index contributed by atoms with van der Waals surface area (Å²) in [6.07, 6.45) is 0. The smallest absolute Gasteiger partial charge is 0.355 e. The Balaban J connectivity index is 2.48. The Morgan fingerprint density at radius 2 is 1.68 bits per heavy atom. The first-order valence-corrected chi connectivity index (χ1v) is 9.55. The predicted molar refractivity (Wildman–Crippen MR) is 113 cm³/mol. The molecular formula is C23H17F2N3O6. The fraction of sp³-hybridized carbons (Fsp3) is 0.130. The average Bonchev–Trinajstić information content (AvgIpc) is 2.83. The average molecular weight is 469 g/mol. The van der Waals surface area contributed by atoms with Crippen molar-refractivity contribution in [2.75, 3.05) is 19.1 Å². The van der Waals surface area contributed by atoms with Gasteiger partial charge in [0, 0.05) is 6.07 Å².